The number of aliphatic hydroxyl groups is 1. The summed E-state index contributed by atoms with van der Waals surface area (Å²) >= 11 is 4.26. The highest BCUT2D eigenvalue weighted by Crippen LogP contribution is 2.15. The number of nitrogens with two attached hydrogens (primary N) is 3. The smallest absolute Gasteiger partial charge is 0.326 e. The number of primary amides is 1. The van der Waals surface area contributed by atoms with E-state index in [1.807, 2.05) is 27.7 Å². The first-order valence-electron chi connectivity index (χ1n) is 26.8. The molecule has 26 heteroatoms. The number of hydrogen-bond acceptors (Lipinski definition) is 15. The van der Waals surface area contributed by atoms with Gasteiger partial charge in [0, 0.05) is 5.75 Å². The lowest BCUT2D eigenvalue weighted by Crippen LogP contribution is -2.62. The number of carboxylic acids is 1. The molecule has 0 radical (unpaired) electrons. The molecule has 0 aromatic heterocycles. The van der Waals surface area contributed by atoms with Gasteiger partial charge in [-0.25, -0.2) is 4.79 Å². The number of thiol groups is 1. The maximum Gasteiger partial charge on any atom is 0.326 e. The zero-order chi connectivity index (χ0) is 59.6. The van der Waals surface area contributed by atoms with Crippen molar-refractivity contribution >= 4 is 77.7 Å². The largest absolute Gasteiger partial charge is 0.480 e. The van der Waals surface area contributed by atoms with Crippen molar-refractivity contribution in [1.82, 2.24) is 47.9 Å². The van der Waals surface area contributed by atoms with Crippen molar-refractivity contribution in [3.63, 3.8) is 0 Å². The average Bonchev–Trinajstić information content (AvgIpc) is 3.34. The monoisotopic (exact) mass is 1110 g/mol. The van der Waals surface area contributed by atoms with Gasteiger partial charge in [0.25, 0.3) is 0 Å². The molecule has 77 heavy (non-hydrogen) atoms. The Morgan fingerprint density at radius 3 is 1.22 bits per heavy atom. The van der Waals surface area contributed by atoms with Gasteiger partial charge >= 0.3 is 5.97 Å². The first kappa shape index (κ1) is 71.4. The molecule has 0 unspecified atom stereocenters. The normalized spacial score (nSPS) is 16.6. The zero-order valence-electron chi connectivity index (χ0n) is 47.5. The van der Waals surface area contributed by atoms with E-state index < -0.39 is 162 Å². The van der Waals surface area contributed by atoms with Gasteiger partial charge in [0.05, 0.1) is 12.5 Å². The van der Waals surface area contributed by atoms with Gasteiger partial charge in [-0.2, -0.15) is 12.6 Å². The molecule has 0 aromatic rings. The van der Waals surface area contributed by atoms with Crippen LogP contribution < -0.4 is 65.1 Å². The predicted octanol–water partition coefficient (Wildman–Crippen LogP) is -1.43. The number of nitrogens with one attached hydrogen (secondary N) is 9. The number of amides is 10. The molecule has 0 aliphatic carbocycles. The Morgan fingerprint density at radius 2 is 0.818 bits per heavy atom. The van der Waals surface area contributed by atoms with E-state index in [1.54, 1.807) is 55.4 Å². The Kier molecular flexibility index (Phi) is 33.1. The Morgan fingerprint density at radius 1 is 0.468 bits per heavy atom. The van der Waals surface area contributed by atoms with E-state index >= 15 is 0 Å². The lowest BCUT2D eigenvalue weighted by Gasteiger charge is -2.31. The molecule has 0 heterocycles. The molecule has 0 saturated carbocycles. The quantitative estimate of drug-likeness (QED) is 0.0251. The Balaban J connectivity index is 6.59. The molecule has 442 valence electrons. The van der Waals surface area contributed by atoms with Gasteiger partial charge in [-0.05, 0) is 81.1 Å². The average molecular weight is 1120 g/mol. The highest BCUT2D eigenvalue weighted by molar-refractivity contribution is 7.80. The van der Waals surface area contributed by atoms with Crippen molar-refractivity contribution < 1.29 is 63.0 Å². The highest BCUT2D eigenvalue weighted by atomic mass is 32.1. The molecule has 0 aromatic carbocycles. The van der Waals surface area contributed by atoms with Crippen LogP contribution in [0.25, 0.3) is 0 Å². The number of carbonyl (C=O) groups is 11. The Hall–Kier alpha value is -5.60. The summed E-state index contributed by atoms with van der Waals surface area (Å²) in [5.41, 5.74) is 17.0. The van der Waals surface area contributed by atoms with Crippen molar-refractivity contribution in [2.24, 2.45) is 52.7 Å². The summed E-state index contributed by atoms with van der Waals surface area (Å²) in [6.07, 6.45) is -0.150. The predicted molar refractivity (Wildman–Crippen MR) is 293 cm³/mol. The van der Waals surface area contributed by atoms with Gasteiger partial charge in [0.15, 0.2) is 0 Å². The highest BCUT2D eigenvalue weighted by Gasteiger charge is 2.38. The minimum Gasteiger partial charge on any atom is -0.480 e. The molecule has 0 rings (SSSR count). The van der Waals surface area contributed by atoms with Crippen molar-refractivity contribution in [2.45, 2.75) is 208 Å². The number of hydrogen-bond donors (Lipinski definition) is 15. The van der Waals surface area contributed by atoms with Crippen LogP contribution in [0.1, 0.15) is 141 Å². The number of unbranched alkanes of at least 4 members (excludes halogenated alkanes) is 1. The van der Waals surface area contributed by atoms with Crippen LogP contribution in [0.2, 0.25) is 0 Å². The van der Waals surface area contributed by atoms with Crippen LogP contribution in [0.3, 0.4) is 0 Å². The summed E-state index contributed by atoms with van der Waals surface area (Å²) in [5, 5.41) is 42.9. The molecule has 0 spiro atoms. The topological polar surface area (TPSA) is 415 Å². The fraction of sp³-hybridized carbons (Fsp3) is 0.784. The van der Waals surface area contributed by atoms with Crippen LogP contribution in [0.15, 0.2) is 0 Å². The summed E-state index contributed by atoms with van der Waals surface area (Å²) in [4.78, 5) is 148. The van der Waals surface area contributed by atoms with E-state index in [2.05, 4.69) is 60.5 Å². The number of rotatable bonds is 37. The number of carboxylic acid groups (broad SMARTS) is 1. The van der Waals surface area contributed by atoms with Crippen molar-refractivity contribution in [3.8, 4) is 0 Å². The van der Waals surface area contributed by atoms with Crippen LogP contribution in [0.4, 0.5) is 0 Å². The van der Waals surface area contributed by atoms with Crippen LogP contribution in [-0.2, 0) is 52.7 Å². The SMILES string of the molecule is CC[C@H](C)[C@H](NC(=O)[C@H](CC(C)C)NC(=O)[C@@H](NC(=O)[C@@H](NC(=O)[C@H](CS)NC(=O)[C@H](CC(N)=O)NC(=O)[C@H](CCCCN)NC(=O)[C@@H](NC(=O)[C@H](CC(C)C)NC(=O)[C@@H](N)[C@@H](C)O)C(C)C)[C@@H](C)CC)C(C)C)C(=O)O. The Bertz CT molecular complexity index is 1980. The van der Waals surface area contributed by atoms with Gasteiger partial charge in [-0.3, -0.25) is 47.9 Å². The fourth-order valence-corrected chi connectivity index (χ4v) is 8.04. The maximum absolute atomic E-state index is 14.1. The summed E-state index contributed by atoms with van der Waals surface area (Å²) < 4.78 is 0. The Labute approximate surface area is 459 Å². The molecule has 13 atom stereocenters. The van der Waals surface area contributed by atoms with Crippen LogP contribution in [0, 0.1) is 35.5 Å². The molecule has 17 N–H and O–H groups in total. The van der Waals surface area contributed by atoms with Gasteiger partial charge in [0.1, 0.15) is 60.4 Å². The molecular weight excluding hydrogens is 1020 g/mol. The number of carbonyl (C=O) groups excluding carboxylic acids is 10. The minimum atomic E-state index is -1.70. The molecule has 0 bridgehead atoms. The minimum absolute atomic E-state index is 0.0127. The lowest BCUT2D eigenvalue weighted by atomic mass is 9.95. The van der Waals surface area contributed by atoms with E-state index in [9.17, 15) is 63.0 Å². The van der Waals surface area contributed by atoms with Crippen LogP contribution in [0.5, 0.6) is 0 Å². The summed E-state index contributed by atoms with van der Waals surface area (Å²) in [5.74, 6) is -12.3. The summed E-state index contributed by atoms with van der Waals surface area (Å²) in [6, 6.07) is -13.2. The lowest BCUT2D eigenvalue weighted by molar-refractivity contribution is -0.144. The maximum atomic E-state index is 14.1. The molecule has 0 saturated heterocycles. The van der Waals surface area contributed by atoms with Crippen molar-refractivity contribution in [1.29, 1.82) is 0 Å². The van der Waals surface area contributed by atoms with Gasteiger partial charge in [-0.15, -0.1) is 0 Å². The first-order chi connectivity index (χ1) is 35.8. The molecule has 0 aliphatic heterocycles. The fourth-order valence-electron chi connectivity index (χ4n) is 7.79. The standard InChI is InChI=1S/C51H94N12O13S/c1-14-28(11)40(50(74)61-39(27(9)10)49(73)58-33(21-25(5)6)45(69)63-41(51(75)76)29(12)15-2)62-46(70)35(23-77)59-43(67)34(22-36(53)65)56-42(66)31(18-16-17-19-52)55-48(72)38(26(7)8)60-44(68)32(20-24(3)4)57-47(71)37(54)30(13)64/h24-35,37-41,64,77H,14-23,52,54H2,1-13H3,(H2,53,65)(H,55,72)(H,56,66)(H,57,71)(H,58,73)(H,59,67)(H,60,68)(H,61,74)(H,62,70)(H,63,69)(H,75,76)/t28-,29-,30+,31-,32-,33-,34-,35-,37-,38-,39-,40-,41-/m0/s1. The number of aliphatic carboxylic acids is 1. The van der Waals surface area contributed by atoms with Gasteiger partial charge < -0.3 is 75.3 Å². The zero-order valence-corrected chi connectivity index (χ0v) is 48.3. The third-order valence-corrected chi connectivity index (χ3v) is 13.4. The summed E-state index contributed by atoms with van der Waals surface area (Å²) in [7, 11) is 0. The first-order valence-corrected chi connectivity index (χ1v) is 27.4. The third kappa shape index (κ3) is 25.6. The molecular formula is C51H94N12O13S. The number of aliphatic hydroxyl groups excluding tert-OH is 1. The van der Waals surface area contributed by atoms with Crippen molar-refractivity contribution in [3.05, 3.63) is 0 Å². The summed E-state index contributed by atoms with van der Waals surface area (Å²) in [6.45, 7) is 22.3. The van der Waals surface area contributed by atoms with Crippen LogP contribution in [-0.4, -0.2) is 154 Å². The van der Waals surface area contributed by atoms with E-state index in [4.69, 9.17) is 17.2 Å². The van der Waals surface area contributed by atoms with Gasteiger partial charge in [-0.1, -0.05) is 95.9 Å². The van der Waals surface area contributed by atoms with E-state index in [0.717, 1.165) is 0 Å². The van der Waals surface area contributed by atoms with Gasteiger partial charge in [0.2, 0.25) is 59.1 Å². The van der Waals surface area contributed by atoms with E-state index in [-0.39, 0.29) is 43.4 Å². The second-order valence-electron chi connectivity index (χ2n) is 21.5. The second-order valence-corrected chi connectivity index (χ2v) is 21.9. The van der Waals surface area contributed by atoms with E-state index in [1.165, 1.54) is 6.92 Å². The van der Waals surface area contributed by atoms with Crippen molar-refractivity contribution in [2.75, 3.05) is 12.3 Å². The third-order valence-electron chi connectivity index (χ3n) is 13.0. The molecule has 0 aliphatic rings. The second kappa shape index (κ2) is 35.7. The van der Waals surface area contributed by atoms with E-state index in [0.29, 0.717) is 25.7 Å². The molecule has 0 fully saturated rings. The van der Waals surface area contributed by atoms with Crippen LogP contribution >= 0.6 is 12.6 Å². The molecule has 25 nitrogen and oxygen atoms in total. The molecule has 10 amide bonds.